The molecule has 0 heterocycles. The van der Waals surface area contributed by atoms with Crippen molar-refractivity contribution in [2.75, 3.05) is 18.5 Å². The van der Waals surface area contributed by atoms with Crippen LogP contribution >= 0.6 is 15.9 Å². The number of esters is 1. The minimum Gasteiger partial charge on any atom is -0.466 e. The molecule has 0 bridgehead atoms. The van der Waals surface area contributed by atoms with Crippen molar-refractivity contribution in [3.63, 3.8) is 0 Å². The molecule has 0 aromatic rings. The predicted octanol–water partition coefficient (Wildman–Crippen LogP) is 4.99. The molecule has 0 radical (unpaired) electrons. The van der Waals surface area contributed by atoms with E-state index in [1.165, 1.54) is 38.5 Å². The molecule has 0 atom stereocenters. The van der Waals surface area contributed by atoms with E-state index in [0.29, 0.717) is 19.6 Å². The zero-order valence-electron chi connectivity index (χ0n) is 13.5. The zero-order chi connectivity index (χ0) is 15.6. The van der Waals surface area contributed by atoms with E-state index < -0.39 is 0 Å². The van der Waals surface area contributed by atoms with Crippen molar-refractivity contribution >= 4 is 21.9 Å². The second kappa shape index (κ2) is 18.0. The lowest BCUT2D eigenvalue weighted by molar-refractivity contribution is -0.143. The van der Waals surface area contributed by atoms with Gasteiger partial charge in [0.25, 0.3) is 0 Å². The molecule has 0 rings (SSSR count). The lowest BCUT2D eigenvalue weighted by atomic mass is 10.1. The molecule has 0 aliphatic heterocycles. The standard InChI is InChI=1S/C17H33BrO3/c18-14-10-6-4-5-9-13-17(20)21-16-12-8-3-1-2-7-11-15-19/h19H,1-16H2. The van der Waals surface area contributed by atoms with Crippen molar-refractivity contribution in [1.29, 1.82) is 0 Å². The number of alkyl halides is 1. The largest absolute Gasteiger partial charge is 0.466 e. The summed E-state index contributed by atoms with van der Waals surface area (Å²) in [5, 5.41) is 9.74. The summed E-state index contributed by atoms with van der Waals surface area (Å²) >= 11 is 3.42. The van der Waals surface area contributed by atoms with Crippen LogP contribution in [-0.2, 0) is 9.53 Å². The summed E-state index contributed by atoms with van der Waals surface area (Å²) in [5.41, 5.74) is 0. The Kier molecular flexibility index (Phi) is 17.9. The molecule has 0 aliphatic carbocycles. The van der Waals surface area contributed by atoms with Crippen LogP contribution in [0.25, 0.3) is 0 Å². The Balaban J connectivity index is 3.12. The third kappa shape index (κ3) is 17.9. The maximum absolute atomic E-state index is 11.5. The van der Waals surface area contributed by atoms with Gasteiger partial charge in [-0.1, -0.05) is 67.3 Å². The Hall–Kier alpha value is -0.0900. The number of aliphatic hydroxyl groups excluding tert-OH is 1. The summed E-state index contributed by atoms with van der Waals surface area (Å²) in [6.07, 6.45) is 14.2. The lowest BCUT2D eigenvalue weighted by Gasteiger charge is -2.05. The topological polar surface area (TPSA) is 46.5 Å². The molecule has 0 amide bonds. The number of rotatable bonds is 16. The normalized spacial score (nSPS) is 10.8. The van der Waals surface area contributed by atoms with Gasteiger partial charge in [-0.15, -0.1) is 0 Å². The summed E-state index contributed by atoms with van der Waals surface area (Å²) in [6.45, 7) is 0.894. The third-order valence-electron chi connectivity index (χ3n) is 3.58. The monoisotopic (exact) mass is 364 g/mol. The average Bonchev–Trinajstić information content (AvgIpc) is 2.49. The highest BCUT2D eigenvalue weighted by atomic mass is 79.9. The molecule has 0 aromatic carbocycles. The number of ether oxygens (including phenoxy) is 1. The fourth-order valence-corrected chi connectivity index (χ4v) is 2.65. The van der Waals surface area contributed by atoms with Crippen LogP contribution in [0.5, 0.6) is 0 Å². The van der Waals surface area contributed by atoms with Crippen molar-refractivity contribution < 1.29 is 14.6 Å². The van der Waals surface area contributed by atoms with Crippen molar-refractivity contribution in [3.05, 3.63) is 0 Å². The Morgan fingerprint density at radius 2 is 1.29 bits per heavy atom. The van der Waals surface area contributed by atoms with Crippen molar-refractivity contribution in [2.45, 2.75) is 83.5 Å². The van der Waals surface area contributed by atoms with Gasteiger partial charge in [-0.05, 0) is 25.7 Å². The average molecular weight is 365 g/mol. The number of unbranched alkanes of at least 4 members (excludes halogenated alkanes) is 10. The quantitative estimate of drug-likeness (QED) is 0.238. The van der Waals surface area contributed by atoms with Gasteiger partial charge in [0.2, 0.25) is 0 Å². The molecule has 126 valence electrons. The first-order chi connectivity index (χ1) is 10.3. The molecule has 21 heavy (non-hydrogen) atoms. The summed E-state index contributed by atoms with van der Waals surface area (Å²) in [5.74, 6) is -0.0292. The number of carbonyl (C=O) groups is 1. The molecular weight excluding hydrogens is 332 g/mol. The number of hydrogen-bond acceptors (Lipinski definition) is 3. The SMILES string of the molecule is O=C(CCCCCCCBr)OCCCCCCCCCO. The Bertz CT molecular complexity index is 222. The number of hydrogen-bond donors (Lipinski definition) is 1. The predicted molar refractivity (Wildman–Crippen MR) is 91.9 cm³/mol. The number of carbonyl (C=O) groups excluding carboxylic acids is 1. The minimum atomic E-state index is -0.0292. The van der Waals surface area contributed by atoms with Crippen LogP contribution in [0.15, 0.2) is 0 Å². The van der Waals surface area contributed by atoms with Crippen molar-refractivity contribution in [1.82, 2.24) is 0 Å². The van der Waals surface area contributed by atoms with Gasteiger partial charge in [0.05, 0.1) is 6.61 Å². The van der Waals surface area contributed by atoms with E-state index >= 15 is 0 Å². The van der Waals surface area contributed by atoms with Gasteiger partial charge in [-0.25, -0.2) is 0 Å². The Morgan fingerprint density at radius 1 is 0.762 bits per heavy atom. The van der Waals surface area contributed by atoms with Crippen LogP contribution in [0.3, 0.4) is 0 Å². The second-order valence-corrected chi connectivity index (χ2v) is 6.42. The van der Waals surface area contributed by atoms with E-state index in [0.717, 1.165) is 43.9 Å². The summed E-state index contributed by atoms with van der Waals surface area (Å²) in [7, 11) is 0. The van der Waals surface area contributed by atoms with Crippen LogP contribution in [0.4, 0.5) is 0 Å². The maximum atomic E-state index is 11.5. The second-order valence-electron chi connectivity index (χ2n) is 5.63. The van der Waals surface area contributed by atoms with E-state index in [1.54, 1.807) is 0 Å². The van der Waals surface area contributed by atoms with Gasteiger partial charge in [-0.2, -0.15) is 0 Å². The highest BCUT2D eigenvalue weighted by Gasteiger charge is 2.02. The van der Waals surface area contributed by atoms with Crippen LogP contribution < -0.4 is 0 Å². The Morgan fingerprint density at radius 3 is 1.90 bits per heavy atom. The summed E-state index contributed by atoms with van der Waals surface area (Å²) in [6, 6.07) is 0. The van der Waals surface area contributed by atoms with E-state index in [1.807, 2.05) is 0 Å². The highest BCUT2D eigenvalue weighted by molar-refractivity contribution is 9.09. The molecule has 0 spiro atoms. The van der Waals surface area contributed by atoms with Gasteiger partial charge >= 0.3 is 5.97 Å². The maximum Gasteiger partial charge on any atom is 0.305 e. The van der Waals surface area contributed by atoms with E-state index in [2.05, 4.69) is 15.9 Å². The summed E-state index contributed by atoms with van der Waals surface area (Å²) < 4.78 is 5.24. The minimum absolute atomic E-state index is 0.0292. The zero-order valence-corrected chi connectivity index (χ0v) is 15.0. The molecule has 1 N–H and O–H groups in total. The van der Waals surface area contributed by atoms with Crippen LogP contribution in [-0.4, -0.2) is 29.6 Å². The first kappa shape index (κ1) is 20.9. The molecule has 0 saturated heterocycles. The highest BCUT2D eigenvalue weighted by Crippen LogP contribution is 2.09. The Labute approximate surface area is 139 Å². The van der Waals surface area contributed by atoms with Crippen molar-refractivity contribution in [2.24, 2.45) is 0 Å². The van der Waals surface area contributed by atoms with E-state index in [9.17, 15) is 4.79 Å². The van der Waals surface area contributed by atoms with Gasteiger partial charge in [-0.3, -0.25) is 4.79 Å². The van der Waals surface area contributed by atoms with Crippen LogP contribution in [0.2, 0.25) is 0 Å². The number of aliphatic hydroxyl groups is 1. The first-order valence-corrected chi connectivity index (χ1v) is 9.76. The molecule has 0 fully saturated rings. The molecule has 0 saturated carbocycles. The lowest BCUT2D eigenvalue weighted by Crippen LogP contribution is -2.05. The van der Waals surface area contributed by atoms with Crippen LogP contribution in [0.1, 0.15) is 83.5 Å². The molecule has 0 aliphatic rings. The van der Waals surface area contributed by atoms with Gasteiger partial charge in [0.1, 0.15) is 0 Å². The molecular formula is C17H33BrO3. The van der Waals surface area contributed by atoms with E-state index in [4.69, 9.17) is 9.84 Å². The smallest absolute Gasteiger partial charge is 0.305 e. The molecule has 4 heteroatoms. The van der Waals surface area contributed by atoms with Gasteiger partial charge in [0, 0.05) is 18.4 Å². The molecule has 3 nitrogen and oxygen atoms in total. The van der Waals surface area contributed by atoms with Gasteiger partial charge in [0.15, 0.2) is 0 Å². The fraction of sp³-hybridized carbons (Fsp3) is 0.941. The molecule has 0 aromatic heterocycles. The van der Waals surface area contributed by atoms with Crippen LogP contribution in [0, 0.1) is 0 Å². The number of halogens is 1. The first-order valence-electron chi connectivity index (χ1n) is 8.63. The van der Waals surface area contributed by atoms with E-state index in [-0.39, 0.29) is 5.97 Å². The summed E-state index contributed by atoms with van der Waals surface area (Å²) in [4.78, 5) is 11.5. The molecule has 0 unspecified atom stereocenters. The fourth-order valence-electron chi connectivity index (χ4n) is 2.25. The van der Waals surface area contributed by atoms with Gasteiger partial charge < -0.3 is 9.84 Å². The third-order valence-corrected chi connectivity index (χ3v) is 4.14. The van der Waals surface area contributed by atoms with Crippen molar-refractivity contribution in [3.8, 4) is 0 Å².